The molecule has 1 aliphatic carbocycles. The minimum atomic E-state index is -1.93. The predicted octanol–water partition coefficient (Wildman–Crippen LogP) is -5.73. The van der Waals surface area contributed by atoms with Gasteiger partial charge in [0, 0.05) is 6.04 Å². The molecule has 0 aromatic rings. The average Bonchev–Trinajstić information content (AvgIpc) is 2.98. The quantitative estimate of drug-likeness (QED) is 0.116. The number of aliphatic hydroxyl groups excluding tert-OH is 10. The van der Waals surface area contributed by atoms with Crippen LogP contribution in [0.15, 0.2) is 0 Å². The van der Waals surface area contributed by atoms with Crippen molar-refractivity contribution in [3.05, 3.63) is 0 Å². The van der Waals surface area contributed by atoms with Crippen LogP contribution in [0, 0.1) is 0 Å². The molecule has 4 rings (SSSR count). The van der Waals surface area contributed by atoms with E-state index in [-0.39, 0.29) is 12.5 Å². The first-order valence-corrected chi connectivity index (χ1v) is 14.2. The standard InChI is InChI=1S/C25H43NO16/c27-7-11-21(16(32)18(34)23(37)38-11)41-25-20(36)17(33)22(12(8-28)40-25)42-24-19(35)15(31)14(30)10(39-24)6-13(29)26-9-4-2-1-3-5-9/h9-12,14-25,27-28,30-37H,1-8H2,(H,26,29)/t10?,11?,12?,14-,15+,16-,17-,18?,19?,20?,21-,22-,23-,24+,25+/m1/s1. The third-order valence-corrected chi connectivity index (χ3v) is 8.27. The second kappa shape index (κ2) is 14.8. The van der Waals surface area contributed by atoms with Gasteiger partial charge in [-0.2, -0.15) is 0 Å². The van der Waals surface area contributed by atoms with Crippen LogP contribution >= 0.6 is 0 Å². The first-order valence-electron chi connectivity index (χ1n) is 14.2. The Labute approximate surface area is 241 Å². The molecule has 0 aromatic heterocycles. The van der Waals surface area contributed by atoms with E-state index in [1.54, 1.807) is 0 Å². The van der Waals surface area contributed by atoms with Crippen LogP contribution in [-0.4, -0.2) is 168 Å². The van der Waals surface area contributed by atoms with Crippen LogP contribution in [0.4, 0.5) is 0 Å². The molecular formula is C25H43NO16. The molecule has 4 aliphatic rings. The normalized spacial score (nSPS) is 47.2. The van der Waals surface area contributed by atoms with Gasteiger partial charge in [-0.3, -0.25) is 4.79 Å². The lowest BCUT2D eigenvalue weighted by molar-refractivity contribution is -0.377. The van der Waals surface area contributed by atoms with Crippen molar-refractivity contribution in [1.29, 1.82) is 0 Å². The zero-order valence-corrected chi connectivity index (χ0v) is 22.8. The Hall–Kier alpha value is -1.13. The molecule has 0 radical (unpaired) electrons. The van der Waals surface area contributed by atoms with Gasteiger partial charge in [-0.15, -0.1) is 0 Å². The summed E-state index contributed by atoms with van der Waals surface area (Å²) < 4.78 is 27.2. The number of rotatable bonds is 9. The van der Waals surface area contributed by atoms with Gasteiger partial charge in [-0.05, 0) is 12.8 Å². The summed E-state index contributed by atoms with van der Waals surface area (Å²) in [7, 11) is 0. The van der Waals surface area contributed by atoms with Gasteiger partial charge in [0.15, 0.2) is 18.9 Å². The Morgan fingerprint density at radius 3 is 1.69 bits per heavy atom. The van der Waals surface area contributed by atoms with Crippen molar-refractivity contribution in [2.45, 2.75) is 137 Å². The van der Waals surface area contributed by atoms with Crippen LogP contribution < -0.4 is 5.32 Å². The Morgan fingerprint density at radius 2 is 1.12 bits per heavy atom. The highest BCUT2D eigenvalue weighted by atomic mass is 16.8. The van der Waals surface area contributed by atoms with E-state index < -0.39 is 111 Å². The summed E-state index contributed by atoms with van der Waals surface area (Å²) in [5, 5.41) is 105. The molecule has 11 N–H and O–H groups in total. The second-order valence-corrected chi connectivity index (χ2v) is 11.3. The Balaban J connectivity index is 1.40. The lowest BCUT2D eigenvalue weighted by Gasteiger charge is -2.47. The van der Waals surface area contributed by atoms with Crippen LogP contribution in [0.1, 0.15) is 38.5 Å². The maximum absolute atomic E-state index is 12.6. The molecule has 0 aromatic carbocycles. The van der Waals surface area contributed by atoms with Gasteiger partial charge in [0.2, 0.25) is 5.91 Å². The molecule has 15 atom stereocenters. The molecule has 244 valence electrons. The van der Waals surface area contributed by atoms with Gasteiger partial charge in [-0.25, -0.2) is 0 Å². The van der Waals surface area contributed by atoms with Crippen LogP contribution in [0.2, 0.25) is 0 Å². The average molecular weight is 614 g/mol. The van der Waals surface area contributed by atoms with Crippen LogP contribution in [0.25, 0.3) is 0 Å². The van der Waals surface area contributed by atoms with Crippen molar-refractivity contribution >= 4 is 5.91 Å². The largest absolute Gasteiger partial charge is 0.394 e. The van der Waals surface area contributed by atoms with Crippen molar-refractivity contribution in [2.24, 2.45) is 0 Å². The number of hydrogen-bond acceptors (Lipinski definition) is 16. The highest BCUT2D eigenvalue weighted by Gasteiger charge is 2.53. The Bertz CT molecular complexity index is 860. The molecule has 0 spiro atoms. The van der Waals surface area contributed by atoms with E-state index >= 15 is 0 Å². The zero-order chi connectivity index (χ0) is 30.7. The van der Waals surface area contributed by atoms with E-state index in [4.69, 9.17) is 23.7 Å². The molecule has 17 heteroatoms. The van der Waals surface area contributed by atoms with Crippen molar-refractivity contribution in [2.75, 3.05) is 13.2 Å². The fourth-order valence-corrected chi connectivity index (χ4v) is 5.79. The van der Waals surface area contributed by atoms with Crippen molar-refractivity contribution in [1.82, 2.24) is 5.32 Å². The number of nitrogens with one attached hydrogen (secondary N) is 1. The van der Waals surface area contributed by atoms with Crippen molar-refractivity contribution in [3.63, 3.8) is 0 Å². The fraction of sp³-hybridized carbons (Fsp3) is 0.960. The van der Waals surface area contributed by atoms with E-state index in [1.165, 1.54) is 0 Å². The molecule has 6 unspecified atom stereocenters. The summed E-state index contributed by atoms with van der Waals surface area (Å²) in [6, 6.07) is -0.0201. The maximum Gasteiger partial charge on any atom is 0.222 e. The van der Waals surface area contributed by atoms with Crippen LogP contribution in [-0.2, 0) is 28.5 Å². The lowest BCUT2D eigenvalue weighted by Crippen LogP contribution is -2.66. The molecule has 42 heavy (non-hydrogen) atoms. The maximum atomic E-state index is 12.6. The molecule has 1 amide bonds. The first-order chi connectivity index (χ1) is 20.0. The molecule has 3 aliphatic heterocycles. The van der Waals surface area contributed by atoms with Gasteiger partial charge in [-0.1, -0.05) is 19.3 Å². The van der Waals surface area contributed by atoms with Crippen LogP contribution in [0.3, 0.4) is 0 Å². The third-order valence-electron chi connectivity index (χ3n) is 8.27. The van der Waals surface area contributed by atoms with Gasteiger partial charge < -0.3 is 80.1 Å². The Morgan fingerprint density at radius 1 is 0.619 bits per heavy atom. The summed E-state index contributed by atoms with van der Waals surface area (Å²) in [5.74, 6) is -0.439. The van der Waals surface area contributed by atoms with E-state index in [0.717, 1.165) is 32.1 Å². The van der Waals surface area contributed by atoms with Crippen molar-refractivity contribution < 1.29 is 79.5 Å². The van der Waals surface area contributed by atoms with E-state index in [0.29, 0.717) is 0 Å². The summed E-state index contributed by atoms with van der Waals surface area (Å²) in [6.45, 7) is -1.60. The van der Waals surface area contributed by atoms with E-state index in [1.807, 2.05) is 0 Å². The minimum Gasteiger partial charge on any atom is -0.394 e. The molecule has 17 nitrogen and oxygen atoms in total. The predicted molar refractivity (Wildman–Crippen MR) is 134 cm³/mol. The summed E-state index contributed by atoms with van der Waals surface area (Å²) in [6.07, 6.45) is -21.1. The molecular weight excluding hydrogens is 570 g/mol. The lowest BCUT2D eigenvalue weighted by atomic mass is 9.94. The number of hydrogen-bond donors (Lipinski definition) is 11. The highest BCUT2D eigenvalue weighted by Crippen LogP contribution is 2.32. The minimum absolute atomic E-state index is 0.0201. The van der Waals surface area contributed by atoms with E-state index in [2.05, 4.69) is 5.32 Å². The van der Waals surface area contributed by atoms with Crippen molar-refractivity contribution in [3.8, 4) is 0 Å². The van der Waals surface area contributed by atoms with Gasteiger partial charge in [0.1, 0.15) is 67.1 Å². The number of carbonyl (C=O) groups excluding carboxylic acids is 1. The van der Waals surface area contributed by atoms with Gasteiger partial charge in [0.05, 0.1) is 25.7 Å². The SMILES string of the molecule is O=C(CC1O[C@@H](O[C@@H]2C(CO)O[C@@H](O[C@@H]3C(CO)O[C@@H](O)C(O)[C@H]3O)C(O)[C@H]2O)C(O)[C@@H](O)[C@@H]1O)NC1CCCCC1. The van der Waals surface area contributed by atoms with E-state index in [9.17, 15) is 55.9 Å². The molecule has 1 saturated carbocycles. The zero-order valence-electron chi connectivity index (χ0n) is 22.8. The summed E-state index contributed by atoms with van der Waals surface area (Å²) in [5.41, 5.74) is 0. The molecule has 4 fully saturated rings. The third kappa shape index (κ3) is 7.39. The monoisotopic (exact) mass is 613 g/mol. The van der Waals surface area contributed by atoms with Crippen LogP contribution in [0.5, 0.6) is 0 Å². The Kier molecular flexibility index (Phi) is 11.9. The smallest absolute Gasteiger partial charge is 0.222 e. The first kappa shape index (κ1) is 33.8. The fourth-order valence-electron chi connectivity index (χ4n) is 5.79. The molecule has 3 heterocycles. The summed E-state index contributed by atoms with van der Waals surface area (Å²) in [4.78, 5) is 12.6. The highest BCUT2D eigenvalue weighted by molar-refractivity contribution is 5.76. The number of carbonyl (C=O) groups is 1. The number of aliphatic hydroxyl groups is 10. The topological polar surface area (TPSA) is 278 Å². The van der Waals surface area contributed by atoms with Gasteiger partial charge in [0.25, 0.3) is 0 Å². The van der Waals surface area contributed by atoms with Gasteiger partial charge >= 0.3 is 0 Å². The number of amides is 1. The summed E-state index contributed by atoms with van der Waals surface area (Å²) >= 11 is 0. The second-order valence-electron chi connectivity index (χ2n) is 11.3. The number of ether oxygens (including phenoxy) is 5. The molecule has 3 saturated heterocycles. The molecule has 0 bridgehead atoms.